The van der Waals surface area contributed by atoms with Crippen molar-refractivity contribution in [2.75, 3.05) is 5.32 Å². The molecule has 1 aromatic carbocycles. The molecule has 0 radical (unpaired) electrons. The largest absolute Gasteiger partial charge is 0.360 e. The van der Waals surface area contributed by atoms with E-state index in [1.54, 1.807) is 0 Å². The van der Waals surface area contributed by atoms with Crippen molar-refractivity contribution in [2.45, 2.75) is 51.6 Å². The molecule has 0 unspecified atom stereocenters. The van der Waals surface area contributed by atoms with Gasteiger partial charge in [-0.05, 0) is 43.1 Å². The van der Waals surface area contributed by atoms with Gasteiger partial charge in [0.15, 0.2) is 5.11 Å². The summed E-state index contributed by atoms with van der Waals surface area (Å²) in [6, 6.07) is 8.91. The summed E-state index contributed by atoms with van der Waals surface area (Å²) in [7, 11) is 0. The number of nitrogens with one attached hydrogen (secondary N) is 2. The third kappa shape index (κ3) is 4.55. The summed E-state index contributed by atoms with van der Waals surface area (Å²) in [6.45, 7) is 2.90. The number of thiocarbonyl (C=S) groups is 1. The molecule has 0 atom stereocenters. The highest BCUT2D eigenvalue weighted by Crippen LogP contribution is 2.17. The van der Waals surface area contributed by atoms with Gasteiger partial charge in [0.2, 0.25) is 0 Å². The van der Waals surface area contributed by atoms with Crippen LogP contribution in [0.2, 0.25) is 0 Å². The number of anilines is 1. The molecule has 0 bridgehead atoms. The SMILES string of the molecule is Cc1ccccc1Cn1cc(NC(=S)NC2CCCCC2)cn1. The highest BCUT2D eigenvalue weighted by molar-refractivity contribution is 7.80. The van der Waals surface area contributed by atoms with Gasteiger partial charge in [-0.1, -0.05) is 43.5 Å². The fourth-order valence-electron chi connectivity index (χ4n) is 3.08. The lowest BCUT2D eigenvalue weighted by Gasteiger charge is -2.24. The number of aromatic nitrogens is 2. The predicted molar refractivity (Wildman–Crippen MR) is 98.7 cm³/mol. The molecular weight excluding hydrogens is 304 g/mol. The summed E-state index contributed by atoms with van der Waals surface area (Å²) >= 11 is 5.42. The Morgan fingerprint density at radius 2 is 2.04 bits per heavy atom. The van der Waals surface area contributed by atoms with Crippen LogP contribution in [0.1, 0.15) is 43.2 Å². The van der Waals surface area contributed by atoms with Crippen LogP contribution in [0.15, 0.2) is 36.7 Å². The van der Waals surface area contributed by atoms with Gasteiger partial charge in [0.25, 0.3) is 0 Å². The van der Waals surface area contributed by atoms with Crippen molar-refractivity contribution in [1.82, 2.24) is 15.1 Å². The molecule has 122 valence electrons. The van der Waals surface area contributed by atoms with Gasteiger partial charge in [-0.3, -0.25) is 4.68 Å². The Morgan fingerprint density at radius 1 is 1.26 bits per heavy atom. The van der Waals surface area contributed by atoms with Gasteiger partial charge in [-0.25, -0.2) is 0 Å². The monoisotopic (exact) mass is 328 g/mol. The topological polar surface area (TPSA) is 41.9 Å². The van der Waals surface area contributed by atoms with E-state index in [0.29, 0.717) is 11.2 Å². The zero-order chi connectivity index (χ0) is 16.1. The van der Waals surface area contributed by atoms with E-state index in [-0.39, 0.29) is 0 Å². The molecule has 1 fully saturated rings. The van der Waals surface area contributed by atoms with Crippen molar-refractivity contribution in [3.63, 3.8) is 0 Å². The number of nitrogens with zero attached hydrogens (tertiary/aromatic N) is 2. The minimum Gasteiger partial charge on any atom is -0.360 e. The van der Waals surface area contributed by atoms with Crippen molar-refractivity contribution in [3.8, 4) is 0 Å². The Kier molecular flexibility index (Phi) is 5.28. The number of aryl methyl sites for hydroxylation is 1. The molecule has 2 aromatic rings. The number of rotatable bonds is 4. The van der Waals surface area contributed by atoms with E-state index >= 15 is 0 Å². The maximum absolute atomic E-state index is 5.42. The van der Waals surface area contributed by atoms with E-state index in [1.807, 2.05) is 17.1 Å². The summed E-state index contributed by atoms with van der Waals surface area (Å²) < 4.78 is 1.94. The maximum atomic E-state index is 5.42. The molecule has 5 heteroatoms. The summed E-state index contributed by atoms with van der Waals surface area (Å²) in [5.74, 6) is 0. The molecule has 1 aliphatic rings. The van der Waals surface area contributed by atoms with E-state index < -0.39 is 0 Å². The first-order valence-corrected chi connectivity index (χ1v) is 8.76. The fraction of sp³-hybridized carbons (Fsp3) is 0.444. The van der Waals surface area contributed by atoms with Crippen molar-refractivity contribution >= 4 is 23.0 Å². The van der Waals surface area contributed by atoms with Crippen LogP contribution in [-0.4, -0.2) is 20.9 Å². The molecule has 2 N–H and O–H groups in total. The van der Waals surface area contributed by atoms with E-state index in [2.05, 4.69) is 46.9 Å². The standard InChI is InChI=1S/C18H24N4S/c1-14-7-5-6-8-15(14)12-22-13-17(11-19-22)21-18(23)20-16-9-3-2-4-10-16/h5-8,11,13,16H,2-4,9-10,12H2,1H3,(H2,20,21,23). The Balaban J connectivity index is 1.54. The van der Waals surface area contributed by atoms with Crippen LogP contribution in [-0.2, 0) is 6.54 Å². The predicted octanol–water partition coefficient (Wildman–Crippen LogP) is 3.86. The van der Waals surface area contributed by atoms with Crippen LogP contribution >= 0.6 is 12.2 Å². The van der Waals surface area contributed by atoms with Gasteiger partial charge in [0.05, 0.1) is 18.4 Å². The van der Waals surface area contributed by atoms with Crippen LogP contribution in [0.4, 0.5) is 5.69 Å². The fourth-order valence-corrected chi connectivity index (χ4v) is 3.36. The van der Waals surface area contributed by atoms with Gasteiger partial charge in [-0.15, -0.1) is 0 Å². The zero-order valence-electron chi connectivity index (χ0n) is 13.6. The quantitative estimate of drug-likeness (QED) is 0.836. The number of benzene rings is 1. The maximum Gasteiger partial charge on any atom is 0.171 e. The first-order valence-electron chi connectivity index (χ1n) is 8.35. The molecule has 4 nitrogen and oxygen atoms in total. The molecule has 1 heterocycles. The molecule has 23 heavy (non-hydrogen) atoms. The molecule has 1 aromatic heterocycles. The van der Waals surface area contributed by atoms with Gasteiger partial charge >= 0.3 is 0 Å². The summed E-state index contributed by atoms with van der Waals surface area (Å²) in [4.78, 5) is 0. The lowest BCUT2D eigenvalue weighted by molar-refractivity contribution is 0.415. The Hall–Kier alpha value is -1.88. The second kappa shape index (κ2) is 7.59. The first-order chi connectivity index (χ1) is 11.2. The molecular formula is C18H24N4S. The average molecular weight is 328 g/mol. The number of hydrogen-bond acceptors (Lipinski definition) is 2. The van der Waals surface area contributed by atoms with Crippen LogP contribution in [0.25, 0.3) is 0 Å². The highest BCUT2D eigenvalue weighted by Gasteiger charge is 2.14. The normalized spacial score (nSPS) is 15.3. The Bertz CT molecular complexity index is 659. The van der Waals surface area contributed by atoms with Crippen molar-refractivity contribution in [3.05, 3.63) is 47.8 Å². The second-order valence-electron chi connectivity index (χ2n) is 6.29. The third-order valence-corrected chi connectivity index (χ3v) is 4.65. The van der Waals surface area contributed by atoms with Crippen LogP contribution in [0.5, 0.6) is 0 Å². The molecule has 0 saturated heterocycles. The lowest BCUT2D eigenvalue weighted by Crippen LogP contribution is -2.38. The van der Waals surface area contributed by atoms with E-state index in [9.17, 15) is 0 Å². The van der Waals surface area contributed by atoms with E-state index in [0.717, 1.165) is 12.2 Å². The van der Waals surface area contributed by atoms with Crippen LogP contribution < -0.4 is 10.6 Å². The molecule has 0 amide bonds. The average Bonchev–Trinajstić information content (AvgIpc) is 2.97. The molecule has 1 saturated carbocycles. The Morgan fingerprint density at radius 3 is 2.83 bits per heavy atom. The molecule has 0 spiro atoms. The summed E-state index contributed by atoms with van der Waals surface area (Å²) in [5, 5.41) is 11.8. The minimum absolute atomic E-state index is 0.519. The van der Waals surface area contributed by atoms with Crippen LogP contribution in [0.3, 0.4) is 0 Å². The Labute approximate surface area is 143 Å². The third-order valence-electron chi connectivity index (χ3n) is 4.43. The van der Waals surface area contributed by atoms with Gasteiger partial charge in [-0.2, -0.15) is 5.10 Å². The lowest BCUT2D eigenvalue weighted by atomic mass is 9.96. The van der Waals surface area contributed by atoms with Crippen molar-refractivity contribution in [1.29, 1.82) is 0 Å². The van der Waals surface area contributed by atoms with E-state index in [1.165, 1.54) is 43.2 Å². The smallest absolute Gasteiger partial charge is 0.171 e. The summed E-state index contributed by atoms with van der Waals surface area (Å²) in [5.41, 5.74) is 3.50. The zero-order valence-corrected chi connectivity index (χ0v) is 14.4. The molecule has 3 rings (SSSR count). The van der Waals surface area contributed by atoms with Crippen molar-refractivity contribution < 1.29 is 0 Å². The number of hydrogen-bond donors (Lipinski definition) is 2. The van der Waals surface area contributed by atoms with Gasteiger partial charge in [0, 0.05) is 12.2 Å². The van der Waals surface area contributed by atoms with Gasteiger partial charge < -0.3 is 10.6 Å². The molecule has 0 aliphatic heterocycles. The molecule has 1 aliphatic carbocycles. The highest BCUT2D eigenvalue weighted by atomic mass is 32.1. The van der Waals surface area contributed by atoms with Crippen molar-refractivity contribution in [2.24, 2.45) is 0 Å². The first kappa shape index (κ1) is 16.0. The van der Waals surface area contributed by atoms with E-state index in [4.69, 9.17) is 12.2 Å². The van der Waals surface area contributed by atoms with Gasteiger partial charge in [0.1, 0.15) is 0 Å². The minimum atomic E-state index is 0.519. The second-order valence-corrected chi connectivity index (χ2v) is 6.69. The van der Waals surface area contributed by atoms with Crippen LogP contribution in [0, 0.1) is 6.92 Å². The summed E-state index contributed by atoms with van der Waals surface area (Å²) in [6.07, 6.45) is 10.2.